The van der Waals surface area contributed by atoms with Crippen LogP contribution in [0.4, 0.5) is 0 Å². The van der Waals surface area contributed by atoms with Gasteiger partial charge in [0, 0.05) is 36.8 Å². The number of aromatic amines is 1. The Kier molecular flexibility index (Phi) is 6.29. The number of carbonyl (C=O) groups excluding carboxylic acids is 1. The van der Waals surface area contributed by atoms with Crippen molar-refractivity contribution in [1.29, 1.82) is 0 Å². The van der Waals surface area contributed by atoms with Crippen LogP contribution < -0.4 is 5.56 Å². The second-order valence-electron chi connectivity index (χ2n) is 5.97. The average molecular weight is 327 g/mol. The molecule has 0 saturated carbocycles. The van der Waals surface area contributed by atoms with Crippen LogP contribution in [-0.2, 0) is 6.42 Å². The van der Waals surface area contributed by atoms with Crippen molar-refractivity contribution in [3.8, 4) is 0 Å². The van der Waals surface area contributed by atoms with Gasteiger partial charge in [-0.3, -0.25) is 14.6 Å². The summed E-state index contributed by atoms with van der Waals surface area (Å²) in [4.78, 5) is 33.3. The molecular weight excluding hydrogens is 302 g/mol. The molecule has 128 valence electrons. The minimum Gasteiger partial charge on any atom is -0.335 e. The molecule has 0 radical (unpaired) electrons. The van der Waals surface area contributed by atoms with Crippen molar-refractivity contribution in [2.24, 2.45) is 0 Å². The number of amides is 1. The Labute approximate surface area is 142 Å². The summed E-state index contributed by atoms with van der Waals surface area (Å²) in [6, 6.07) is 6.97. The molecule has 2 heterocycles. The lowest BCUT2D eigenvalue weighted by molar-refractivity contribution is 0.0719. The minimum absolute atomic E-state index is 0.0458. The largest absolute Gasteiger partial charge is 0.335 e. The lowest BCUT2D eigenvalue weighted by Gasteiger charge is -2.28. The summed E-state index contributed by atoms with van der Waals surface area (Å²) >= 11 is 0. The summed E-state index contributed by atoms with van der Waals surface area (Å²) in [5.41, 5.74) is 1.98. The average Bonchev–Trinajstić information content (AvgIpc) is 2.61. The number of unbranched alkanes of at least 4 members (excludes halogenated alkanes) is 1. The Morgan fingerprint density at radius 1 is 1.33 bits per heavy atom. The number of aryl methyl sites for hydroxylation is 1. The highest BCUT2D eigenvalue weighted by Crippen LogP contribution is 2.26. The Morgan fingerprint density at radius 3 is 2.75 bits per heavy atom. The molecule has 2 aromatic rings. The fourth-order valence-electron chi connectivity index (χ4n) is 2.81. The molecule has 0 aliphatic rings. The van der Waals surface area contributed by atoms with Gasteiger partial charge >= 0.3 is 0 Å². The van der Waals surface area contributed by atoms with E-state index in [1.165, 1.54) is 6.07 Å². The molecule has 2 aromatic heterocycles. The van der Waals surface area contributed by atoms with Crippen LogP contribution in [0.25, 0.3) is 0 Å². The smallest absolute Gasteiger partial charge is 0.254 e. The quantitative estimate of drug-likeness (QED) is 0.848. The van der Waals surface area contributed by atoms with Gasteiger partial charge in [-0.15, -0.1) is 0 Å². The molecule has 0 spiro atoms. The standard InChI is InChI=1S/C19H25N3O2/c1-4-6-9-17(14-8-7-10-20-13-14)22(3)19(24)15-11-16(5-2)21-18(23)12-15/h7-8,10-13,17H,4-6,9H2,1-3H3,(H,21,23)/t17-/m1/s1. The fourth-order valence-corrected chi connectivity index (χ4v) is 2.81. The van der Waals surface area contributed by atoms with E-state index in [-0.39, 0.29) is 17.5 Å². The van der Waals surface area contributed by atoms with Crippen LogP contribution in [0.1, 0.15) is 60.8 Å². The SMILES string of the molecule is CCCC[C@H](c1cccnc1)N(C)C(=O)c1cc(CC)[nH]c(=O)c1. The number of nitrogens with zero attached hydrogens (tertiary/aromatic N) is 2. The molecule has 5 heteroatoms. The Balaban J connectivity index is 2.31. The maximum atomic E-state index is 12.9. The first-order valence-corrected chi connectivity index (χ1v) is 8.47. The van der Waals surface area contributed by atoms with Crippen molar-refractivity contribution in [3.05, 3.63) is 63.8 Å². The summed E-state index contributed by atoms with van der Waals surface area (Å²) in [7, 11) is 1.79. The Bertz CT molecular complexity index is 725. The third-order valence-corrected chi connectivity index (χ3v) is 4.22. The van der Waals surface area contributed by atoms with E-state index in [0.29, 0.717) is 12.0 Å². The highest BCUT2D eigenvalue weighted by Gasteiger charge is 2.23. The second-order valence-corrected chi connectivity index (χ2v) is 5.97. The summed E-state index contributed by atoms with van der Waals surface area (Å²) in [6.07, 6.45) is 7.17. The van der Waals surface area contributed by atoms with Crippen LogP contribution in [0, 0.1) is 0 Å². The van der Waals surface area contributed by atoms with Gasteiger partial charge in [0.25, 0.3) is 5.91 Å². The molecule has 2 rings (SSSR count). The van der Waals surface area contributed by atoms with Gasteiger partial charge in [0.05, 0.1) is 6.04 Å². The van der Waals surface area contributed by atoms with Crippen molar-refractivity contribution in [1.82, 2.24) is 14.9 Å². The van der Waals surface area contributed by atoms with Gasteiger partial charge in [-0.25, -0.2) is 0 Å². The normalized spacial score (nSPS) is 12.0. The molecule has 0 saturated heterocycles. The number of carbonyl (C=O) groups is 1. The first-order valence-electron chi connectivity index (χ1n) is 8.47. The maximum Gasteiger partial charge on any atom is 0.254 e. The van der Waals surface area contributed by atoms with Gasteiger partial charge in [-0.05, 0) is 30.5 Å². The van der Waals surface area contributed by atoms with E-state index in [1.807, 2.05) is 19.1 Å². The molecule has 24 heavy (non-hydrogen) atoms. The molecule has 0 aliphatic heterocycles. The number of hydrogen-bond acceptors (Lipinski definition) is 3. The number of aromatic nitrogens is 2. The van der Waals surface area contributed by atoms with Crippen LogP contribution in [0.5, 0.6) is 0 Å². The van der Waals surface area contributed by atoms with E-state index >= 15 is 0 Å². The molecule has 5 nitrogen and oxygen atoms in total. The summed E-state index contributed by atoms with van der Waals surface area (Å²) < 4.78 is 0. The highest BCUT2D eigenvalue weighted by atomic mass is 16.2. The van der Waals surface area contributed by atoms with Crippen molar-refractivity contribution in [2.75, 3.05) is 7.05 Å². The van der Waals surface area contributed by atoms with Crippen LogP contribution in [-0.4, -0.2) is 27.8 Å². The zero-order valence-electron chi connectivity index (χ0n) is 14.6. The summed E-state index contributed by atoms with van der Waals surface area (Å²) in [5, 5.41) is 0. The first-order chi connectivity index (χ1) is 11.6. The van der Waals surface area contributed by atoms with E-state index in [4.69, 9.17) is 0 Å². The van der Waals surface area contributed by atoms with Crippen LogP contribution >= 0.6 is 0 Å². The Hall–Kier alpha value is -2.43. The summed E-state index contributed by atoms with van der Waals surface area (Å²) in [5.74, 6) is -0.138. The number of H-pyrrole nitrogens is 1. The number of rotatable bonds is 7. The van der Waals surface area contributed by atoms with Gasteiger partial charge in [0.15, 0.2) is 0 Å². The van der Waals surface area contributed by atoms with Crippen molar-refractivity contribution in [2.45, 2.75) is 45.6 Å². The zero-order valence-corrected chi connectivity index (χ0v) is 14.6. The van der Waals surface area contributed by atoms with E-state index < -0.39 is 0 Å². The van der Waals surface area contributed by atoms with Crippen LogP contribution in [0.2, 0.25) is 0 Å². The first kappa shape index (κ1) is 17.9. The van der Waals surface area contributed by atoms with Crippen LogP contribution in [0.3, 0.4) is 0 Å². The molecule has 1 atom stereocenters. The van der Waals surface area contributed by atoms with Gasteiger partial charge in [0.1, 0.15) is 0 Å². The minimum atomic E-state index is -0.238. The molecular formula is C19H25N3O2. The molecule has 0 aromatic carbocycles. The van der Waals surface area contributed by atoms with E-state index in [2.05, 4.69) is 16.9 Å². The van der Waals surface area contributed by atoms with Gasteiger partial charge in [-0.1, -0.05) is 32.8 Å². The third-order valence-electron chi connectivity index (χ3n) is 4.22. The highest BCUT2D eigenvalue weighted by molar-refractivity contribution is 5.94. The van der Waals surface area contributed by atoms with Crippen molar-refractivity contribution in [3.63, 3.8) is 0 Å². The van der Waals surface area contributed by atoms with Gasteiger partial charge in [0.2, 0.25) is 5.56 Å². The van der Waals surface area contributed by atoms with Gasteiger partial charge in [-0.2, -0.15) is 0 Å². The summed E-state index contributed by atoms with van der Waals surface area (Å²) in [6.45, 7) is 4.08. The lowest BCUT2D eigenvalue weighted by atomic mass is 10.0. The van der Waals surface area contributed by atoms with E-state index in [1.54, 1.807) is 30.4 Å². The van der Waals surface area contributed by atoms with Crippen molar-refractivity contribution < 1.29 is 4.79 Å². The van der Waals surface area contributed by atoms with Gasteiger partial charge < -0.3 is 9.88 Å². The fraction of sp³-hybridized carbons (Fsp3) is 0.421. The monoisotopic (exact) mass is 327 g/mol. The molecule has 0 bridgehead atoms. The zero-order chi connectivity index (χ0) is 17.5. The predicted molar refractivity (Wildman–Crippen MR) is 95.0 cm³/mol. The number of pyridine rings is 2. The molecule has 0 aliphatic carbocycles. The topological polar surface area (TPSA) is 66.1 Å². The second kappa shape index (κ2) is 8.43. The third kappa shape index (κ3) is 4.31. The van der Waals surface area contributed by atoms with Crippen molar-refractivity contribution >= 4 is 5.91 Å². The predicted octanol–water partition coefficient (Wildman–Crippen LogP) is 3.34. The lowest BCUT2D eigenvalue weighted by Crippen LogP contribution is -2.32. The molecule has 0 fully saturated rings. The number of hydrogen-bond donors (Lipinski definition) is 1. The van der Waals surface area contributed by atoms with E-state index in [9.17, 15) is 9.59 Å². The van der Waals surface area contributed by atoms with E-state index in [0.717, 1.165) is 30.5 Å². The number of nitrogens with one attached hydrogen (secondary N) is 1. The molecule has 0 unspecified atom stereocenters. The molecule has 1 N–H and O–H groups in total. The maximum absolute atomic E-state index is 12.9. The van der Waals surface area contributed by atoms with Crippen LogP contribution in [0.15, 0.2) is 41.5 Å². The Morgan fingerprint density at radius 2 is 2.12 bits per heavy atom. The molecule has 1 amide bonds.